The molecule has 0 aliphatic heterocycles. The lowest BCUT2D eigenvalue weighted by Gasteiger charge is -2.33. The number of hydrogen-bond donors (Lipinski definition) is 1. The summed E-state index contributed by atoms with van der Waals surface area (Å²) in [6.07, 6.45) is -0.477. The number of hydrogen-bond acceptors (Lipinski definition) is 5. The van der Waals surface area contributed by atoms with Crippen molar-refractivity contribution in [1.29, 1.82) is 0 Å². The van der Waals surface area contributed by atoms with Crippen LogP contribution in [-0.4, -0.2) is 49.7 Å². The topological polar surface area (TPSA) is 67.9 Å². The molecule has 2 aromatic rings. The number of amides is 2. The van der Waals surface area contributed by atoms with Crippen molar-refractivity contribution in [3.63, 3.8) is 0 Å². The summed E-state index contributed by atoms with van der Waals surface area (Å²) in [7, 11) is 2.95. The molecule has 192 valence electrons. The molecule has 0 spiro atoms. The molecule has 1 atom stereocenters. The summed E-state index contributed by atoms with van der Waals surface area (Å²) in [5.41, 5.74) is 0.649. The predicted molar refractivity (Wildman–Crippen MR) is 128 cm³/mol. The number of halogens is 3. The Hall–Kier alpha value is -2.75. The number of carbonyl (C=O) groups is 2. The smallest absolute Gasteiger partial charge is 0.471 e. The molecule has 1 heterocycles. The van der Waals surface area contributed by atoms with Crippen molar-refractivity contribution < 1.29 is 32.2 Å². The Morgan fingerprint density at radius 2 is 1.77 bits per heavy atom. The summed E-state index contributed by atoms with van der Waals surface area (Å²) in [5.74, 6) is -1.70. The number of carbonyl (C=O) groups excluding carboxylic acids is 2. The van der Waals surface area contributed by atoms with Gasteiger partial charge in [-0.15, -0.1) is 11.3 Å². The van der Waals surface area contributed by atoms with E-state index in [1.807, 2.05) is 6.92 Å². The van der Waals surface area contributed by atoms with E-state index < -0.39 is 24.0 Å². The minimum Gasteiger partial charge on any atom is -0.493 e. The fourth-order valence-corrected chi connectivity index (χ4v) is 5.34. The SMILES string of the molecule is COc1ccc(CCN(C(=O)C(F)(F)F)[C@@H](C(=O)NC2CCCCC2)c2ccc(C)s2)cc1OC. The summed E-state index contributed by atoms with van der Waals surface area (Å²) in [6, 6.07) is 6.90. The van der Waals surface area contributed by atoms with Crippen LogP contribution in [0.15, 0.2) is 30.3 Å². The van der Waals surface area contributed by atoms with E-state index in [-0.39, 0.29) is 19.0 Å². The van der Waals surface area contributed by atoms with Gasteiger partial charge in [-0.2, -0.15) is 13.2 Å². The molecule has 6 nitrogen and oxygen atoms in total. The maximum Gasteiger partial charge on any atom is 0.471 e. The van der Waals surface area contributed by atoms with Gasteiger partial charge >= 0.3 is 12.1 Å². The Labute approximate surface area is 207 Å². The molecule has 1 aromatic carbocycles. The van der Waals surface area contributed by atoms with Gasteiger partial charge in [0.2, 0.25) is 5.91 Å². The molecule has 35 heavy (non-hydrogen) atoms. The second-order valence-corrected chi connectivity index (χ2v) is 9.95. The Morgan fingerprint density at radius 3 is 2.34 bits per heavy atom. The van der Waals surface area contributed by atoms with Crippen molar-refractivity contribution in [3.8, 4) is 11.5 Å². The molecule has 3 rings (SSSR count). The van der Waals surface area contributed by atoms with Crippen LogP contribution in [-0.2, 0) is 16.0 Å². The van der Waals surface area contributed by atoms with Gasteiger partial charge in [-0.1, -0.05) is 25.3 Å². The fraction of sp³-hybridized carbons (Fsp3) is 0.520. The number of aryl methyl sites for hydroxylation is 1. The molecule has 1 N–H and O–H groups in total. The normalized spacial score (nSPS) is 15.4. The average molecular weight is 513 g/mol. The third-order valence-electron chi connectivity index (χ3n) is 6.13. The van der Waals surface area contributed by atoms with Gasteiger partial charge in [0.15, 0.2) is 11.5 Å². The zero-order chi connectivity index (χ0) is 25.6. The molecule has 0 saturated heterocycles. The molecule has 2 amide bonds. The van der Waals surface area contributed by atoms with Crippen LogP contribution < -0.4 is 14.8 Å². The van der Waals surface area contributed by atoms with Gasteiger partial charge in [0.1, 0.15) is 6.04 Å². The summed E-state index contributed by atoms with van der Waals surface area (Å²) in [4.78, 5) is 27.9. The third-order valence-corrected chi connectivity index (χ3v) is 7.19. The summed E-state index contributed by atoms with van der Waals surface area (Å²) >= 11 is 1.22. The third kappa shape index (κ3) is 6.90. The number of ether oxygens (including phenoxy) is 2. The van der Waals surface area contributed by atoms with Crippen LogP contribution >= 0.6 is 11.3 Å². The predicted octanol–water partition coefficient (Wildman–Crippen LogP) is 5.20. The lowest BCUT2D eigenvalue weighted by Crippen LogP contribution is -2.50. The van der Waals surface area contributed by atoms with Crippen LogP contribution in [0.3, 0.4) is 0 Å². The monoisotopic (exact) mass is 512 g/mol. The van der Waals surface area contributed by atoms with Crippen LogP contribution in [0.25, 0.3) is 0 Å². The van der Waals surface area contributed by atoms with Crippen LogP contribution in [0, 0.1) is 6.92 Å². The van der Waals surface area contributed by atoms with E-state index in [1.54, 1.807) is 30.3 Å². The second-order valence-electron chi connectivity index (χ2n) is 8.63. The standard InChI is InChI=1S/C25H31F3N2O4S/c1-16-9-12-21(35-16)22(23(31)29-18-7-5-4-6-8-18)30(24(32)25(26,27)28)14-13-17-10-11-19(33-2)20(15-17)34-3/h9-12,15,18,22H,4-8,13-14H2,1-3H3,(H,29,31)/t22-/m1/s1. The molecule has 0 radical (unpaired) electrons. The highest BCUT2D eigenvalue weighted by atomic mass is 32.1. The highest BCUT2D eigenvalue weighted by Gasteiger charge is 2.47. The van der Waals surface area contributed by atoms with Gasteiger partial charge in [-0.3, -0.25) is 9.59 Å². The van der Waals surface area contributed by atoms with Gasteiger partial charge in [0.25, 0.3) is 0 Å². The average Bonchev–Trinajstić information content (AvgIpc) is 3.26. The van der Waals surface area contributed by atoms with Crippen molar-refractivity contribution in [1.82, 2.24) is 10.2 Å². The highest BCUT2D eigenvalue weighted by Crippen LogP contribution is 2.33. The Kier molecular flexibility index (Phi) is 9.04. The first-order valence-corrected chi connectivity index (χ1v) is 12.4. The van der Waals surface area contributed by atoms with Crippen molar-refractivity contribution in [2.75, 3.05) is 20.8 Å². The lowest BCUT2D eigenvalue weighted by atomic mass is 9.95. The summed E-state index contributed by atoms with van der Waals surface area (Å²) < 4.78 is 51.6. The largest absolute Gasteiger partial charge is 0.493 e. The van der Waals surface area contributed by atoms with Crippen LogP contribution in [0.4, 0.5) is 13.2 Å². The number of alkyl halides is 3. The van der Waals surface area contributed by atoms with E-state index in [1.165, 1.54) is 25.6 Å². The minimum absolute atomic E-state index is 0.0970. The van der Waals surface area contributed by atoms with Gasteiger partial charge in [-0.25, -0.2) is 0 Å². The first-order valence-electron chi connectivity index (χ1n) is 11.6. The van der Waals surface area contributed by atoms with Gasteiger partial charge in [0.05, 0.1) is 14.2 Å². The Morgan fingerprint density at radius 1 is 1.09 bits per heavy atom. The first-order chi connectivity index (χ1) is 16.6. The Balaban J connectivity index is 1.92. The highest BCUT2D eigenvalue weighted by molar-refractivity contribution is 7.12. The first kappa shape index (κ1) is 26.8. The van der Waals surface area contributed by atoms with Crippen molar-refractivity contribution in [2.24, 2.45) is 0 Å². The second kappa shape index (κ2) is 11.8. The molecule has 10 heteroatoms. The lowest BCUT2D eigenvalue weighted by molar-refractivity contribution is -0.188. The Bertz CT molecular complexity index is 1020. The van der Waals surface area contributed by atoms with Crippen molar-refractivity contribution in [3.05, 3.63) is 45.6 Å². The number of benzene rings is 1. The molecule has 1 aliphatic rings. The molecule has 1 saturated carbocycles. The summed E-state index contributed by atoms with van der Waals surface area (Å²) in [5, 5.41) is 2.91. The van der Waals surface area contributed by atoms with Crippen molar-refractivity contribution >= 4 is 23.2 Å². The van der Waals surface area contributed by atoms with E-state index >= 15 is 0 Å². The van der Waals surface area contributed by atoms with E-state index in [4.69, 9.17) is 9.47 Å². The van der Waals surface area contributed by atoms with Crippen LogP contribution in [0.2, 0.25) is 0 Å². The maximum absolute atomic E-state index is 13.7. The van der Waals surface area contributed by atoms with Gasteiger partial charge < -0.3 is 19.7 Å². The molecule has 0 unspecified atom stereocenters. The minimum atomic E-state index is -5.12. The number of methoxy groups -OCH3 is 2. The van der Waals surface area contributed by atoms with Crippen LogP contribution in [0.1, 0.15) is 53.5 Å². The maximum atomic E-state index is 13.7. The van der Waals surface area contributed by atoms with Gasteiger partial charge in [-0.05, 0) is 56.0 Å². The quantitative estimate of drug-likeness (QED) is 0.502. The van der Waals surface area contributed by atoms with Crippen LogP contribution in [0.5, 0.6) is 11.5 Å². The molecule has 1 aliphatic carbocycles. The summed E-state index contributed by atoms with van der Waals surface area (Å²) in [6.45, 7) is 1.51. The number of nitrogens with zero attached hydrogens (tertiary/aromatic N) is 1. The van der Waals surface area contributed by atoms with E-state index in [0.717, 1.165) is 37.0 Å². The van der Waals surface area contributed by atoms with E-state index in [9.17, 15) is 22.8 Å². The van der Waals surface area contributed by atoms with Gasteiger partial charge in [0, 0.05) is 22.3 Å². The number of thiophene rings is 1. The number of rotatable bonds is 9. The molecule has 0 bridgehead atoms. The number of nitrogens with one attached hydrogen (secondary N) is 1. The fourth-order valence-electron chi connectivity index (χ4n) is 4.35. The zero-order valence-electron chi connectivity index (χ0n) is 20.1. The molecule has 1 fully saturated rings. The van der Waals surface area contributed by atoms with Crippen molar-refractivity contribution in [2.45, 2.75) is 63.7 Å². The van der Waals surface area contributed by atoms with E-state index in [2.05, 4.69) is 5.32 Å². The zero-order valence-corrected chi connectivity index (χ0v) is 20.9. The molecular formula is C25H31F3N2O4S. The molecular weight excluding hydrogens is 481 g/mol. The van der Waals surface area contributed by atoms with E-state index in [0.29, 0.717) is 26.8 Å². The molecule has 1 aromatic heterocycles.